The molecule has 0 aliphatic heterocycles. The van der Waals surface area contributed by atoms with Crippen molar-refractivity contribution in [3.63, 3.8) is 0 Å². The topological polar surface area (TPSA) is 0 Å². The SMILES string of the molecule is CC[Si](CC)(CC)CC(C)C. The van der Waals surface area contributed by atoms with E-state index < -0.39 is 8.07 Å². The molecule has 0 aromatic heterocycles. The second-order valence-electron chi connectivity index (χ2n) is 4.16. The molecule has 0 atom stereocenters. The lowest BCUT2D eigenvalue weighted by Gasteiger charge is -2.29. The minimum absolute atomic E-state index is 0.780. The van der Waals surface area contributed by atoms with Gasteiger partial charge in [0.25, 0.3) is 0 Å². The normalized spacial score (nSPS) is 12.5. The summed E-state index contributed by atoms with van der Waals surface area (Å²) in [6.45, 7) is 11.9. The summed E-state index contributed by atoms with van der Waals surface area (Å²) < 4.78 is 0. The van der Waals surface area contributed by atoms with Crippen molar-refractivity contribution in [2.75, 3.05) is 0 Å². The highest BCUT2D eigenvalue weighted by molar-refractivity contribution is 6.79. The van der Waals surface area contributed by atoms with Crippen LogP contribution < -0.4 is 0 Å². The second kappa shape index (κ2) is 4.97. The fourth-order valence-corrected chi connectivity index (χ4v) is 6.15. The second-order valence-corrected chi connectivity index (χ2v) is 9.69. The number of rotatable bonds is 5. The van der Waals surface area contributed by atoms with Crippen molar-refractivity contribution >= 4 is 8.07 Å². The van der Waals surface area contributed by atoms with Gasteiger partial charge in [-0.1, -0.05) is 58.8 Å². The minimum atomic E-state index is -0.780. The summed E-state index contributed by atoms with van der Waals surface area (Å²) in [5, 5.41) is 0. The fraction of sp³-hybridized carbons (Fsp3) is 1.00. The Morgan fingerprint density at radius 3 is 1.36 bits per heavy atom. The molecule has 0 N–H and O–H groups in total. The van der Waals surface area contributed by atoms with Crippen molar-refractivity contribution in [1.29, 1.82) is 0 Å². The molecule has 0 saturated heterocycles. The zero-order chi connectivity index (χ0) is 8.91. The Hall–Kier alpha value is 0.217. The van der Waals surface area contributed by atoms with Crippen LogP contribution in [-0.2, 0) is 0 Å². The Labute approximate surface area is 73.4 Å². The molecule has 0 aliphatic carbocycles. The molecular weight excluding hydrogens is 148 g/mol. The van der Waals surface area contributed by atoms with Crippen LogP contribution in [0.3, 0.4) is 0 Å². The monoisotopic (exact) mass is 172 g/mol. The van der Waals surface area contributed by atoms with E-state index in [1.165, 1.54) is 24.2 Å². The molecule has 68 valence electrons. The zero-order valence-electron chi connectivity index (χ0n) is 8.91. The average molecular weight is 172 g/mol. The molecule has 0 fully saturated rings. The van der Waals surface area contributed by atoms with Gasteiger partial charge in [-0.2, -0.15) is 0 Å². The van der Waals surface area contributed by atoms with Crippen molar-refractivity contribution in [3.8, 4) is 0 Å². The van der Waals surface area contributed by atoms with E-state index in [-0.39, 0.29) is 0 Å². The van der Waals surface area contributed by atoms with Crippen LogP contribution in [0.1, 0.15) is 34.6 Å². The lowest BCUT2D eigenvalue weighted by molar-refractivity contribution is 0.711. The van der Waals surface area contributed by atoms with E-state index in [9.17, 15) is 0 Å². The number of hydrogen-bond donors (Lipinski definition) is 0. The molecule has 1 heteroatoms. The molecule has 11 heavy (non-hydrogen) atoms. The van der Waals surface area contributed by atoms with E-state index in [0.29, 0.717) is 0 Å². The third-order valence-electron chi connectivity index (χ3n) is 3.09. The van der Waals surface area contributed by atoms with Gasteiger partial charge in [-0.25, -0.2) is 0 Å². The Morgan fingerprint density at radius 2 is 1.27 bits per heavy atom. The Kier molecular flexibility index (Phi) is 5.07. The van der Waals surface area contributed by atoms with Crippen LogP contribution in [-0.4, -0.2) is 8.07 Å². The summed E-state index contributed by atoms with van der Waals surface area (Å²) in [7, 11) is -0.780. The molecular formula is C10H24Si. The molecule has 0 heterocycles. The lowest BCUT2D eigenvalue weighted by Crippen LogP contribution is -2.32. The smallest absolute Gasteiger partial charge is 0.0530 e. The first-order chi connectivity index (χ1) is 5.10. The largest absolute Gasteiger partial charge is 0.0678 e. The summed E-state index contributed by atoms with van der Waals surface area (Å²) >= 11 is 0. The third kappa shape index (κ3) is 3.41. The fourth-order valence-electron chi connectivity index (χ4n) is 2.05. The quantitative estimate of drug-likeness (QED) is 0.547. The molecule has 0 unspecified atom stereocenters. The van der Waals surface area contributed by atoms with E-state index in [2.05, 4.69) is 34.6 Å². The summed E-state index contributed by atoms with van der Waals surface area (Å²) in [6.07, 6.45) is 0. The van der Waals surface area contributed by atoms with Crippen molar-refractivity contribution in [1.82, 2.24) is 0 Å². The van der Waals surface area contributed by atoms with Crippen LogP contribution in [0.5, 0.6) is 0 Å². The van der Waals surface area contributed by atoms with Crippen LogP contribution in [0.2, 0.25) is 24.2 Å². The lowest BCUT2D eigenvalue weighted by atomic mass is 10.3. The molecule has 0 aromatic rings. The van der Waals surface area contributed by atoms with E-state index in [1.54, 1.807) is 0 Å². The van der Waals surface area contributed by atoms with Crippen molar-refractivity contribution in [3.05, 3.63) is 0 Å². The summed E-state index contributed by atoms with van der Waals surface area (Å²) in [6, 6.07) is 5.99. The summed E-state index contributed by atoms with van der Waals surface area (Å²) in [5.41, 5.74) is 0. The van der Waals surface area contributed by atoms with Gasteiger partial charge in [-0.15, -0.1) is 0 Å². The summed E-state index contributed by atoms with van der Waals surface area (Å²) in [4.78, 5) is 0. The van der Waals surface area contributed by atoms with Gasteiger partial charge in [0.1, 0.15) is 0 Å². The minimum Gasteiger partial charge on any atom is -0.0678 e. The zero-order valence-corrected chi connectivity index (χ0v) is 9.91. The van der Waals surface area contributed by atoms with Gasteiger partial charge in [-0.05, 0) is 5.92 Å². The molecule has 0 amide bonds. The van der Waals surface area contributed by atoms with E-state index in [1.807, 2.05) is 0 Å². The highest BCUT2D eigenvalue weighted by Crippen LogP contribution is 2.28. The predicted molar refractivity (Wildman–Crippen MR) is 56.8 cm³/mol. The van der Waals surface area contributed by atoms with Crippen LogP contribution in [0.25, 0.3) is 0 Å². The van der Waals surface area contributed by atoms with Gasteiger partial charge in [0.2, 0.25) is 0 Å². The molecule has 0 radical (unpaired) electrons. The van der Waals surface area contributed by atoms with Gasteiger partial charge >= 0.3 is 0 Å². The molecule has 0 rings (SSSR count). The standard InChI is InChI=1S/C10H24Si/c1-6-11(7-2,8-3)9-10(4)5/h10H,6-9H2,1-5H3. The van der Waals surface area contributed by atoms with Gasteiger partial charge < -0.3 is 0 Å². The first-order valence-corrected chi connectivity index (χ1v) is 7.93. The highest BCUT2D eigenvalue weighted by Gasteiger charge is 2.26. The van der Waals surface area contributed by atoms with E-state index >= 15 is 0 Å². The maximum Gasteiger partial charge on any atom is 0.0530 e. The average Bonchev–Trinajstić information content (AvgIpc) is 2.00. The Bertz CT molecular complexity index is 84.8. The number of hydrogen-bond acceptors (Lipinski definition) is 0. The Morgan fingerprint density at radius 1 is 0.909 bits per heavy atom. The first kappa shape index (κ1) is 11.2. The summed E-state index contributed by atoms with van der Waals surface area (Å²) in [5.74, 6) is 0.918. The van der Waals surface area contributed by atoms with Crippen molar-refractivity contribution < 1.29 is 0 Å². The third-order valence-corrected chi connectivity index (χ3v) is 9.27. The van der Waals surface area contributed by atoms with E-state index in [0.717, 1.165) is 5.92 Å². The first-order valence-electron chi connectivity index (χ1n) is 5.10. The maximum absolute atomic E-state index is 2.39. The van der Waals surface area contributed by atoms with Crippen LogP contribution in [0.4, 0.5) is 0 Å². The predicted octanol–water partition coefficient (Wildman–Crippen LogP) is 4.15. The van der Waals surface area contributed by atoms with Gasteiger partial charge in [0.05, 0.1) is 8.07 Å². The van der Waals surface area contributed by atoms with Crippen LogP contribution >= 0.6 is 0 Å². The van der Waals surface area contributed by atoms with Gasteiger partial charge in [-0.3, -0.25) is 0 Å². The molecule has 0 nitrogen and oxygen atoms in total. The van der Waals surface area contributed by atoms with Crippen molar-refractivity contribution in [2.24, 2.45) is 5.92 Å². The van der Waals surface area contributed by atoms with Gasteiger partial charge in [0.15, 0.2) is 0 Å². The molecule has 0 saturated carbocycles. The molecule has 0 aliphatic rings. The molecule has 0 bridgehead atoms. The van der Waals surface area contributed by atoms with Crippen LogP contribution in [0, 0.1) is 5.92 Å². The van der Waals surface area contributed by atoms with Crippen LogP contribution in [0.15, 0.2) is 0 Å². The maximum atomic E-state index is 2.39. The highest BCUT2D eigenvalue weighted by atomic mass is 28.3. The molecule has 0 aromatic carbocycles. The van der Waals surface area contributed by atoms with E-state index in [4.69, 9.17) is 0 Å². The van der Waals surface area contributed by atoms with Crippen molar-refractivity contribution in [2.45, 2.75) is 58.8 Å². The molecule has 0 spiro atoms. The van der Waals surface area contributed by atoms with Gasteiger partial charge in [0, 0.05) is 0 Å². The Balaban J connectivity index is 4.05.